The number of hydrogen-bond donors (Lipinski definition) is 2. The van der Waals surface area contributed by atoms with E-state index in [2.05, 4.69) is 10.2 Å². The fraction of sp³-hybridized carbons (Fsp3) is 0.316. The molecule has 0 spiro atoms. The van der Waals surface area contributed by atoms with E-state index in [1.807, 2.05) is 6.92 Å². The SMILES string of the molecule is C[C@@H](C(=O)Nc1cc(Cl)ccc1Cl)[NH+]1CCN(c2ccc(F)cc2)CC1. The number of benzene rings is 2. The fourth-order valence-electron chi connectivity index (χ4n) is 3.16. The topological polar surface area (TPSA) is 36.8 Å². The number of anilines is 2. The Morgan fingerprint density at radius 2 is 1.81 bits per heavy atom. The van der Waals surface area contributed by atoms with Crippen molar-refractivity contribution >= 4 is 40.5 Å². The Balaban J connectivity index is 1.57. The van der Waals surface area contributed by atoms with Gasteiger partial charge in [0.25, 0.3) is 5.91 Å². The summed E-state index contributed by atoms with van der Waals surface area (Å²) in [5.74, 6) is -0.317. The van der Waals surface area contributed by atoms with Gasteiger partial charge in [0.1, 0.15) is 5.82 Å². The molecule has 0 aromatic heterocycles. The molecule has 2 N–H and O–H groups in total. The second-order valence-corrected chi connectivity index (χ2v) is 7.30. The van der Waals surface area contributed by atoms with Gasteiger partial charge in [0, 0.05) is 10.7 Å². The molecule has 0 radical (unpaired) electrons. The van der Waals surface area contributed by atoms with Gasteiger partial charge in [-0.15, -0.1) is 0 Å². The Morgan fingerprint density at radius 3 is 2.46 bits per heavy atom. The molecule has 0 saturated carbocycles. The van der Waals surface area contributed by atoms with Crippen molar-refractivity contribution in [1.29, 1.82) is 0 Å². The predicted molar refractivity (Wildman–Crippen MR) is 104 cm³/mol. The van der Waals surface area contributed by atoms with E-state index in [1.54, 1.807) is 30.3 Å². The van der Waals surface area contributed by atoms with Crippen LogP contribution in [0.4, 0.5) is 15.8 Å². The van der Waals surface area contributed by atoms with Gasteiger partial charge >= 0.3 is 0 Å². The number of halogens is 3. The Kier molecular flexibility index (Phi) is 6.01. The molecule has 2 aromatic carbocycles. The van der Waals surface area contributed by atoms with Crippen LogP contribution in [0.3, 0.4) is 0 Å². The van der Waals surface area contributed by atoms with E-state index < -0.39 is 0 Å². The molecular weight excluding hydrogens is 376 g/mol. The zero-order valence-corrected chi connectivity index (χ0v) is 15.9. The van der Waals surface area contributed by atoms with E-state index in [-0.39, 0.29) is 17.8 Å². The summed E-state index contributed by atoms with van der Waals surface area (Å²) >= 11 is 12.1. The van der Waals surface area contributed by atoms with Crippen molar-refractivity contribution in [2.45, 2.75) is 13.0 Å². The lowest BCUT2D eigenvalue weighted by Gasteiger charge is -2.36. The zero-order valence-electron chi connectivity index (χ0n) is 14.4. The summed E-state index contributed by atoms with van der Waals surface area (Å²) in [4.78, 5) is 16.0. The molecule has 26 heavy (non-hydrogen) atoms. The number of piperazine rings is 1. The Hall–Kier alpha value is -1.82. The van der Waals surface area contributed by atoms with E-state index in [0.717, 1.165) is 31.9 Å². The van der Waals surface area contributed by atoms with Crippen LogP contribution in [0.15, 0.2) is 42.5 Å². The van der Waals surface area contributed by atoms with E-state index in [1.165, 1.54) is 17.0 Å². The van der Waals surface area contributed by atoms with Crippen molar-refractivity contribution in [3.63, 3.8) is 0 Å². The molecule has 1 aliphatic rings. The standard InChI is InChI=1S/C19H20Cl2FN3O/c1-13(19(26)23-18-12-14(20)2-7-17(18)21)24-8-10-25(11-9-24)16-5-3-15(22)4-6-16/h2-7,12-13H,8-11H2,1H3,(H,23,26)/p+1/t13-/m0/s1. The highest BCUT2D eigenvalue weighted by Crippen LogP contribution is 2.25. The first-order chi connectivity index (χ1) is 12.4. The van der Waals surface area contributed by atoms with Crippen molar-refractivity contribution in [1.82, 2.24) is 0 Å². The molecule has 1 heterocycles. The normalized spacial score (nSPS) is 16.4. The Labute approximate surface area is 162 Å². The second-order valence-electron chi connectivity index (χ2n) is 6.46. The first-order valence-electron chi connectivity index (χ1n) is 8.55. The number of hydrogen-bond acceptors (Lipinski definition) is 2. The maximum Gasteiger partial charge on any atom is 0.282 e. The van der Waals surface area contributed by atoms with Crippen LogP contribution >= 0.6 is 23.2 Å². The average molecular weight is 397 g/mol. The summed E-state index contributed by atoms with van der Waals surface area (Å²) in [5.41, 5.74) is 1.54. The number of carbonyl (C=O) groups is 1. The van der Waals surface area contributed by atoms with Gasteiger partial charge in [0.2, 0.25) is 0 Å². The molecule has 4 nitrogen and oxygen atoms in total. The van der Waals surface area contributed by atoms with Gasteiger partial charge in [-0.2, -0.15) is 0 Å². The first kappa shape index (κ1) is 19.0. The molecule has 138 valence electrons. The number of nitrogens with zero attached hydrogens (tertiary/aromatic N) is 1. The summed E-state index contributed by atoms with van der Waals surface area (Å²) in [6.45, 7) is 5.20. The third kappa shape index (κ3) is 4.47. The Bertz CT molecular complexity index is 777. The van der Waals surface area contributed by atoms with Crippen LogP contribution in [0.2, 0.25) is 10.0 Å². The molecule has 1 fully saturated rings. The van der Waals surface area contributed by atoms with E-state index >= 15 is 0 Å². The zero-order chi connectivity index (χ0) is 18.7. The molecule has 2 aromatic rings. The maximum absolute atomic E-state index is 13.1. The lowest BCUT2D eigenvalue weighted by atomic mass is 10.2. The van der Waals surface area contributed by atoms with Crippen molar-refractivity contribution in [2.24, 2.45) is 0 Å². The second kappa shape index (κ2) is 8.25. The molecular formula is C19H21Cl2FN3O+. The summed E-state index contributed by atoms with van der Waals surface area (Å²) in [6.07, 6.45) is 0. The van der Waals surface area contributed by atoms with Gasteiger partial charge < -0.3 is 15.1 Å². The molecule has 7 heteroatoms. The molecule has 1 amide bonds. The van der Waals surface area contributed by atoms with E-state index in [4.69, 9.17) is 23.2 Å². The number of rotatable bonds is 4. The largest absolute Gasteiger partial charge is 0.360 e. The molecule has 1 aliphatic heterocycles. The smallest absolute Gasteiger partial charge is 0.282 e. The number of amides is 1. The van der Waals surface area contributed by atoms with Gasteiger partial charge in [0.15, 0.2) is 6.04 Å². The van der Waals surface area contributed by atoms with E-state index in [9.17, 15) is 9.18 Å². The molecule has 0 bridgehead atoms. The Morgan fingerprint density at radius 1 is 1.15 bits per heavy atom. The lowest BCUT2D eigenvalue weighted by Crippen LogP contribution is -3.19. The minimum Gasteiger partial charge on any atom is -0.360 e. The minimum absolute atomic E-state index is 0.0839. The highest BCUT2D eigenvalue weighted by molar-refractivity contribution is 6.35. The molecule has 0 aliphatic carbocycles. The van der Waals surface area contributed by atoms with Crippen molar-refractivity contribution in [3.8, 4) is 0 Å². The van der Waals surface area contributed by atoms with Crippen LogP contribution in [0.1, 0.15) is 6.92 Å². The molecule has 1 atom stereocenters. The van der Waals surface area contributed by atoms with E-state index in [0.29, 0.717) is 15.7 Å². The van der Waals surface area contributed by atoms with Crippen LogP contribution in [0.5, 0.6) is 0 Å². The summed E-state index contributed by atoms with van der Waals surface area (Å²) in [6, 6.07) is 11.3. The lowest BCUT2D eigenvalue weighted by molar-refractivity contribution is -0.914. The van der Waals surface area contributed by atoms with Gasteiger partial charge in [0.05, 0.1) is 36.9 Å². The summed E-state index contributed by atoms with van der Waals surface area (Å²) in [7, 11) is 0. The first-order valence-corrected chi connectivity index (χ1v) is 9.30. The van der Waals surface area contributed by atoms with Crippen LogP contribution in [0.25, 0.3) is 0 Å². The molecule has 1 saturated heterocycles. The number of nitrogens with one attached hydrogen (secondary N) is 2. The number of carbonyl (C=O) groups excluding carboxylic acids is 1. The third-order valence-electron chi connectivity index (χ3n) is 4.79. The summed E-state index contributed by atoms with van der Waals surface area (Å²) < 4.78 is 13.1. The molecule has 0 unspecified atom stereocenters. The van der Waals surface area contributed by atoms with Crippen molar-refractivity contribution in [3.05, 3.63) is 58.3 Å². The van der Waals surface area contributed by atoms with Gasteiger partial charge in [-0.3, -0.25) is 4.79 Å². The van der Waals surface area contributed by atoms with Crippen molar-refractivity contribution < 1.29 is 14.1 Å². The fourth-order valence-corrected chi connectivity index (χ4v) is 3.49. The number of quaternary nitrogens is 1. The average Bonchev–Trinajstić information content (AvgIpc) is 2.65. The predicted octanol–water partition coefficient (Wildman–Crippen LogP) is 2.86. The van der Waals surface area contributed by atoms with Gasteiger partial charge in [-0.25, -0.2) is 4.39 Å². The van der Waals surface area contributed by atoms with Crippen LogP contribution < -0.4 is 15.1 Å². The quantitative estimate of drug-likeness (QED) is 0.833. The summed E-state index contributed by atoms with van der Waals surface area (Å²) in [5, 5.41) is 3.86. The van der Waals surface area contributed by atoms with Gasteiger partial charge in [-0.05, 0) is 49.4 Å². The van der Waals surface area contributed by atoms with Gasteiger partial charge in [-0.1, -0.05) is 23.2 Å². The van der Waals surface area contributed by atoms with Crippen molar-refractivity contribution in [2.75, 3.05) is 36.4 Å². The van der Waals surface area contributed by atoms with Crippen LogP contribution in [-0.2, 0) is 4.79 Å². The van der Waals surface area contributed by atoms with Crippen LogP contribution in [-0.4, -0.2) is 38.1 Å². The third-order valence-corrected chi connectivity index (χ3v) is 5.35. The highest BCUT2D eigenvalue weighted by atomic mass is 35.5. The maximum atomic E-state index is 13.1. The minimum atomic E-state index is -0.233. The highest BCUT2D eigenvalue weighted by Gasteiger charge is 2.29. The van der Waals surface area contributed by atoms with Crippen LogP contribution in [0, 0.1) is 5.82 Å². The monoisotopic (exact) mass is 396 g/mol. The molecule has 3 rings (SSSR count).